The number of fused-ring (bicyclic) bond motifs is 1. The SMILES string of the molecule is NC(=S)c1ccc(Cl)cc1N1CCCC2CCCCC21. The number of piperidine rings is 1. The number of nitrogens with zero attached hydrogens (tertiary/aromatic N) is 1. The summed E-state index contributed by atoms with van der Waals surface area (Å²) in [5.74, 6) is 0.829. The van der Waals surface area contributed by atoms with Gasteiger partial charge in [0.05, 0.1) is 0 Å². The summed E-state index contributed by atoms with van der Waals surface area (Å²) >= 11 is 11.4. The van der Waals surface area contributed by atoms with Gasteiger partial charge in [0.25, 0.3) is 0 Å². The van der Waals surface area contributed by atoms with Gasteiger partial charge in [-0.2, -0.15) is 0 Å². The Morgan fingerprint density at radius 3 is 2.75 bits per heavy atom. The van der Waals surface area contributed by atoms with E-state index in [9.17, 15) is 0 Å². The molecule has 2 nitrogen and oxygen atoms in total. The third kappa shape index (κ3) is 2.66. The van der Waals surface area contributed by atoms with E-state index in [1.807, 2.05) is 18.2 Å². The summed E-state index contributed by atoms with van der Waals surface area (Å²) in [5, 5.41) is 0.762. The van der Waals surface area contributed by atoms with Crippen LogP contribution < -0.4 is 10.6 Å². The third-order valence-corrected chi connectivity index (χ3v) is 5.23. The first kappa shape index (κ1) is 14.2. The van der Waals surface area contributed by atoms with Crippen molar-refractivity contribution in [1.29, 1.82) is 0 Å². The van der Waals surface area contributed by atoms with Crippen molar-refractivity contribution in [1.82, 2.24) is 0 Å². The molecule has 108 valence electrons. The molecule has 1 aromatic rings. The molecule has 0 bridgehead atoms. The molecule has 0 radical (unpaired) electrons. The molecule has 2 N–H and O–H groups in total. The van der Waals surface area contributed by atoms with E-state index in [2.05, 4.69) is 4.90 Å². The predicted octanol–water partition coefficient (Wildman–Crippen LogP) is 4.13. The lowest BCUT2D eigenvalue weighted by molar-refractivity contribution is 0.244. The number of halogens is 1. The molecule has 0 aromatic heterocycles. The van der Waals surface area contributed by atoms with Gasteiger partial charge in [0.2, 0.25) is 0 Å². The number of thiocarbonyl (C=S) groups is 1. The second-order valence-electron chi connectivity index (χ2n) is 5.97. The number of rotatable bonds is 2. The summed E-state index contributed by atoms with van der Waals surface area (Å²) in [6.07, 6.45) is 7.99. The molecule has 1 saturated carbocycles. The topological polar surface area (TPSA) is 29.3 Å². The highest BCUT2D eigenvalue weighted by molar-refractivity contribution is 7.80. The molecule has 20 heavy (non-hydrogen) atoms. The lowest BCUT2D eigenvalue weighted by Crippen LogP contribution is -2.47. The summed E-state index contributed by atoms with van der Waals surface area (Å²) in [6, 6.07) is 6.52. The Hall–Kier alpha value is -0.800. The van der Waals surface area contributed by atoms with Crippen molar-refractivity contribution in [3.05, 3.63) is 28.8 Å². The maximum Gasteiger partial charge on any atom is 0.106 e. The molecule has 1 aliphatic carbocycles. The number of benzene rings is 1. The van der Waals surface area contributed by atoms with E-state index in [4.69, 9.17) is 29.6 Å². The maximum absolute atomic E-state index is 6.21. The molecule has 1 saturated heterocycles. The summed E-state index contributed by atoms with van der Waals surface area (Å²) in [5.41, 5.74) is 8.01. The van der Waals surface area contributed by atoms with E-state index in [0.29, 0.717) is 11.0 Å². The number of nitrogens with two attached hydrogens (primary N) is 1. The van der Waals surface area contributed by atoms with Gasteiger partial charge in [-0.1, -0.05) is 36.7 Å². The molecule has 2 aliphatic rings. The van der Waals surface area contributed by atoms with Crippen molar-refractivity contribution >= 4 is 34.5 Å². The second kappa shape index (κ2) is 5.90. The Balaban J connectivity index is 1.98. The minimum absolute atomic E-state index is 0.467. The second-order valence-corrected chi connectivity index (χ2v) is 6.85. The van der Waals surface area contributed by atoms with Gasteiger partial charge >= 0.3 is 0 Å². The van der Waals surface area contributed by atoms with Gasteiger partial charge in [-0.25, -0.2) is 0 Å². The standard InChI is InChI=1S/C16H21ClN2S/c17-12-7-8-13(16(18)20)15(10-12)19-9-3-5-11-4-1-2-6-14(11)19/h7-8,10-11,14H,1-6,9H2,(H2,18,20). The Morgan fingerprint density at radius 1 is 1.20 bits per heavy atom. The van der Waals surface area contributed by atoms with E-state index in [-0.39, 0.29) is 0 Å². The van der Waals surface area contributed by atoms with Gasteiger partial charge in [0.1, 0.15) is 4.99 Å². The summed E-state index contributed by atoms with van der Waals surface area (Å²) < 4.78 is 0. The van der Waals surface area contributed by atoms with E-state index < -0.39 is 0 Å². The van der Waals surface area contributed by atoms with Crippen LogP contribution in [0, 0.1) is 5.92 Å². The van der Waals surface area contributed by atoms with Crippen LogP contribution in [0.4, 0.5) is 5.69 Å². The summed E-state index contributed by atoms with van der Waals surface area (Å²) in [4.78, 5) is 2.99. The first-order valence-electron chi connectivity index (χ1n) is 7.53. The van der Waals surface area contributed by atoms with Crippen LogP contribution in [0.2, 0.25) is 5.02 Å². The Labute approximate surface area is 131 Å². The predicted molar refractivity (Wildman–Crippen MR) is 89.7 cm³/mol. The summed E-state index contributed by atoms with van der Waals surface area (Å²) in [6.45, 7) is 1.09. The minimum Gasteiger partial charge on any atom is -0.389 e. The molecule has 0 spiro atoms. The smallest absolute Gasteiger partial charge is 0.106 e. The molecular formula is C16H21ClN2S. The first-order valence-corrected chi connectivity index (χ1v) is 8.31. The fourth-order valence-corrected chi connectivity index (χ4v) is 4.21. The molecule has 1 heterocycles. The fourth-order valence-electron chi connectivity index (χ4n) is 3.87. The normalized spacial score (nSPS) is 26.1. The summed E-state index contributed by atoms with van der Waals surface area (Å²) in [7, 11) is 0. The Bertz CT molecular complexity index is 515. The van der Waals surface area contributed by atoms with E-state index in [1.165, 1.54) is 38.5 Å². The number of hydrogen-bond donors (Lipinski definition) is 1. The Morgan fingerprint density at radius 2 is 1.95 bits per heavy atom. The van der Waals surface area contributed by atoms with Crippen molar-refractivity contribution in [2.24, 2.45) is 11.7 Å². The molecule has 2 atom stereocenters. The van der Waals surface area contributed by atoms with Crippen LogP contribution >= 0.6 is 23.8 Å². The van der Waals surface area contributed by atoms with Gasteiger partial charge in [0, 0.05) is 28.9 Å². The van der Waals surface area contributed by atoms with E-state index in [1.54, 1.807) is 0 Å². The molecule has 1 aliphatic heterocycles. The lowest BCUT2D eigenvalue weighted by Gasteiger charge is -2.46. The zero-order valence-electron chi connectivity index (χ0n) is 11.6. The molecule has 1 aromatic carbocycles. The van der Waals surface area contributed by atoms with Gasteiger partial charge in [-0.3, -0.25) is 0 Å². The van der Waals surface area contributed by atoms with Crippen molar-refractivity contribution in [3.8, 4) is 0 Å². The van der Waals surface area contributed by atoms with Crippen LogP contribution in [-0.2, 0) is 0 Å². The molecule has 2 fully saturated rings. The van der Waals surface area contributed by atoms with Crippen molar-refractivity contribution < 1.29 is 0 Å². The highest BCUT2D eigenvalue weighted by Crippen LogP contribution is 2.39. The van der Waals surface area contributed by atoms with Crippen LogP contribution in [-0.4, -0.2) is 17.6 Å². The van der Waals surface area contributed by atoms with Crippen molar-refractivity contribution in [2.45, 2.75) is 44.6 Å². The molecule has 0 amide bonds. The zero-order chi connectivity index (χ0) is 14.1. The van der Waals surface area contributed by atoms with Crippen LogP contribution in [0.15, 0.2) is 18.2 Å². The molecule has 2 unspecified atom stereocenters. The maximum atomic E-state index is 6.21. The molecule has 3 rings (SSSR count). The monoisotopic (exact) mass is 308 g/mol. The van der Waals surface area contributed by atoms with Gasteiger partial charge in [-0.15, -0.1) is 0 Å². The largest absolute Gasteiger partial charge is 0.389 e. The van der Waals surface area contributed by atoms with Gasteiger partial charge in [0.15, 0.2) is 0 Å². The van der Waals surface area contributed by atoms with Crippen LogP contribution in [0.1, 0.15) is 44.1 Å². The average molecular weight is 309 g/mol. The minimum atomic E-state index is 0.467. The zero-order valence-corrected chi connectivity index (χ0v) is 13.2. The average Bonchev–Trinajstić information content (AvgIpc) is 2.46. The number of anilines is 1. The van der Waals surface area contributed by atoms with Gasteiger partial charge < -0.3 is 10.6 Å². The quantitative estimate of drug-likeness (QED) is 0.833. The number of hydrogen-bond acceptors (Lipinski definition) is 2. The lowest BCUT2D eigenvalue weighted by atomic mass is 9.78. The van der Waals surface area contributed by atoms with Gasteiger partial charge in [-0.05, 0) is 49.8 Å². The fraction of sp³-hybridized carbons (Fsp3) is 0.562. The molecule has 4 heteroatoms. The first-order chi connectivity index (χ1) is 9.66. The van der Waals surface area contributed by atoms with Crippen LogP contribution in [0.5, 0.6) is 0 Å². The van der Waals surface area contributed by atoms with E-state index >= 15 is 0 Å². The highest BCUT2D eigenvalue weighted by atomic mass is 35.5. The van der Waals surface area contributed by atoms with Crippen molar-refractivity contribution in [3.63, 3.8) is 0 Å². The van der Waals surface area contributed by atoms with E-state index in [0.717, 1.165) is 28.7 Å². The van der Waals surface area contributed by atoms with Crippen LogP contribution in [0.25, 0.3) is 0 Å². The third-order valence-electron chi connectivity index (χ3n) is 4.78. The Kier molecular flexibility index (Phi) is 4.18. The van der Waals surface area contributed by atoms with Crippen LogP contribution in [0.3, 0.4) is 0 Å². The molecular weight excluding hydrogens is 288 g/mol. The highest BCUT2D eigenvalue weighted by Gasteiger charge is 2.34. The van der Waals surface area contributed by atoms with Crippen molar-refractivity contribution in [2.75, 3.05) is 11.4 Å².